The number of aryl methyl sites for hydroxylation is 1. The van der Waals surface area contributed by atoms with E-state index in [2.05, 4.69) is 17.4 Å². The zero-order chi connectivity index (χ0) is 16.8. The highest BCUT2D eigenvalue weighted by atomic mass is 16.4. The Hall–Kier alpha value is -2.10. The molecule has 1 aromatic carbocycles. The Bertz CT molecular complexity index is 592. The number of carboxylic acids is 1. The van der Waals surface area contributed by atoms with Crippen molar-refractivity contribution in [1.82, 2.24) is 5.32 Å². The molecule has 0 unspecified atom stereocenters. The van der Waals surface area contributed by atoms with Crippen LogP contribution in [0.5, 0.6) is 0 Å². The van der Waals surface area contributed by atoms with Gasteiger partial charge in [-0.1, -0.05) is 41.5 Å². The maximum Gasteiger partial charge on any atom is 0.307 e. The van der Waals surface area contributed by atoms with Gasteiger partial charge in [0.05, 0.1) is 11.8 Å². The van der Waals surface area contributed by atoms with E-state index in [4.69, 9.17) is 0 Å². The van der Waals surface area contributed by atoms with E-state index >= 15 is 0 Å². The Labute approximate surface area is 137 Å². The zero-order valence-electron chi connectivity index (χ0n) is 13.8. The quantitative estimate of drug-likeness (QED) is 0.626. The van der Waals surface area contributed by atoms with Gasteiger partial charge in [0.1, 0.15) is 0 Å². The highest BCUT2D eigenvalue weighted by Crippen LogP contribution is 2.34. The Morgan fingerprint density at radius 3 is 2.30 bits per heavy atom. The van der Waals surface area contributed by atoms with Gasteiger partial charge in [0, 0.05) is 6.54 Å². The van der Waals surface area contributed by atoms with Crippen molar-refractivity contribution in [2.75, 3.05) is 6.54 Å². The number of benzene rings is 1. The molecule has 0 saturated heterocycles. The average Bonchev–Trinajstić information content (AvgIpc) is 2.54. The fraction of sp³-hybridized carbons (Fsp3) is 0.474. The van der Waals surface area contributed by atoms with E-state index in [0.717, 1.165) is 24.0 Å². The Kier molecular flexibility index (Phi) is 5.97. The number of aliphatic carboxylic acids is 1. The summed E-state index contributed by atoms with van der Waals surface area (Å²) in [7, 11) is 0. The van der Waals surface area contributed by atoms with Crippen LogP contribution in [0.3, 0.4) is 0 Å². The average molecular weight is 315 g/mol. The summed E-state index contributed by atoms with van der Waals surface area (Å²) in [4.78, 5) is 23.8. The van der Waals surface area contributed by atoms with Gasteiger partial charge in [-0.05, 0) is 45.1 Å². The minimum Gasteiger partial charge on any atom is -0.481 e. The topological polar surface area (TPSA) is 66.4 Å². The Morgan fingerprint density at radius 1 is 1.09 bits per heavy atom. The van der Waals surface area contributed by atoms with Crippen LogP contribution in [0.4, 0.5) is 0 Å². The smallest absolute Gasteiger partial charge is 0.307 e. The van der Waals surface area contributed by atoms with E-state index in [1.54, 1.807) is 0 Å². The van der Waals surface area contributed by atoms with Crippen LogP contribution in [-0.2, 0) is 16.0 Å². The summed E-state index contributed by atoms with van der Waals surface area (Å²) in [6, 6.07) is 10.1. The second-order valence-electron chi connectivity index (χ2n) is 6.40. The van der Waals surface area contributed by atoms with Gasteiger partial charge in [-0.3, -0.25) is 9.59 Å². The SMILES string of the molecule is CC1=C(C)C[C@@H](C(=O)NCCCc2ccccc2)[C@H](C(=O)O)C1. The molecule has 2 N–H and O–H groups in total. The molecular formula is C19H25NO3. The number of rotatable bonds is 6. The summed E-state index contributed by atoms with van der Waals surface area (Å²) in [5.74, 6) is -2.06. The first kappa shape index (κ1) is 17.3. The predicted molar refractivity (Wildman–Crippen MR) is 90.0 cm³/mol. The summed E-state index contributed by atoms with van der Waals surface area (Å²) in [6.45, 7) is 4.53. The van der Waals surface area contributed by atoms with Gasteiger partial charge in [0.25, 0.3) is 0 Å². The van der Waals surface area contributed by atoms with Gasteiger partial charge in [-0.25, -0.2) is 0 Å². The van der Waals surface area contributed by atoms with E-state index < -0.39 is 17.8 Å². The van der Waals surface area contributed by atoms with Crippen molar-refractivity contribution in [1.29, 1.82) is 0 Å². The number of nitrogens with one attached hydrogen (secondary N) is 1. The van der Waals surface area contributed by atoms with Crippen LogP contribution in [0.15, 0.2) is 41.5 Å². The molecular weight excluding hydrogens is 290 g/mol. The van der Waals surface area contributed by atoms with Crippen LogP contribution in [0, 0.1) is 11.8 Å². The predicted octanol–water partition coefficient (Wildman–Crippen LogP) is 3.18. The molecule has 0 heterocycles. The van der Waals surface area contributed by atoms with Crippen LogP contribution in [0.2, 0.25) is 0 Å². The maximum absolute atomic E-state index is 12.4. The Balaban J connectivity index is 1.85. The number of allylic oxidation sites excluding steroid dienone is 2. The molecule has 0 bridgehead atoms. The van der Waals surface area contributed by atoms with Gasteiger partial charge < -0.3 is 10.4 Å². The minimum absolute atomic E-state index is 0.127. The number of hydrogen-bond acceptors (Lipinski definition) is 2. The normalized spacial score (nSPS) is 21.1. The Morgan fingerprint density at radius 2 is 1.70 bits per heavy atom. The number of carboxylic acid groups (broad SMARTS) is 1. The molecule has 2 atom stereocenters. The highest BCUT2D eigenvalue weighted by molar-refractivity contribution is 5.85. The molecule has 1 aliphatic rings. The van der Waals surface area contributed by atoms with Gasteiger partial charge in [-0.2, -0.15) is 0 Å². The van der Waals surface area contributed by atoms with Crippen molar-refractivity contribution in [3.05, 3.63) is 47.0 Å². The second kappa shape index (κ2) is 7.95. The van der Waals surface area contributed by atoms with E-state index in [9.17, 15) is 14.7 Å². The molecule has 1 aromatic rings. The minimum atomic E-state index is -0.874. The molecule has 0 aliphatic heterocycles. The van der Waals surface area contributed by atoms with Crippen molar-refractivity contribution >= 4 is 11.9 Å². The lowest BCUT2D eigenvalue weighted by Crippen LogP contribution is -2.40. The molecule has 0 aromatic heterocycles. The summed E-state index contributed by atoms with van der Waals surface area (Å²) < 4.78 is 0. The molecule has 1 amide bonds. The van der Waals surface area contributed by atoms with Gasteiger partial charge in [-0.15, -0.1) is 0 Å². The van der Waals surface area contributed by atoms with E-state index in [-0.39, 0.29) is 5.91 Å². The fourth-order valence-corrected chi connectivity index (χ4v) is 3.11. The molecule has 124 valence electrons. The monoisotopic (exact) mass is 315 g/mol. The maximum atomic E-state index is 12.4. The molecule has 4 heteroatoms. The van der Waals surface area contributed by atoms with E-state index in [0.29, 0.717) is 19.4 Å². The highest BCUT2D eigenvalue weighted by Gasteiger charge is 2.36. The van der Waals surface area contributed by atoms with Crippen molar-refractivity contribution in [2.45, 2.75) is 39.5 Å². The van der Waals surface area contributed by atoms with Crippen molar-refractivity contribution in [3.63, 3.8) is 0 Å². The first-order valence-corrected chi connectivity index (χ1v) is 8.18. The van der Waals surface area contributed by atoms with Crippen molar-refractivity contribution in [3.8, 4) is 0 Å². The van der Waals surface area contributed by atoms with Crippen LogP contribution < -0.4 is 5.32 Å². The van der Waals surface area contributed by atoms with Gasteiger partial charge in [0.2, 0.25) is 5.91 Å². The molecule has 0 spiro atoms. The van der Waals surface area contributed by atoms with Crippen molar-refractivity contribution in [2.24, 2.45) is 11.8 Å². The lowest BCUT2D eigenvalue weighted by Gasteiger charge is -2.29. The fourth-order valence-electron chi connectivity index (χ4n) is 3.11. The summed E-state index contributed by atoms with van der Waals surface area (Å²) >= 11 is 0. The largest absolute Gasteiger partial charge is 0.481 e. The zero-order valence-corrected chi connectivity index (χ0v) is 13.8. The molecule has 1 aliphatic carbocycles. The lowest BCUT2D eigenvalue weighted by molar-refractivity contribution is -0.147. The third kappa shape index (κ3) is 4.68. The molecule has 0 radical (unpaired) electrons. The number of carbonyl (C=O) groups excluding carboxylic acids is 1. The number of amides is 1. The lowest BCUT2D eigenvalue weighted by atomic mass is 9.76. The van der Waals surface area contributed by atoms with E-state index in [1.165, 1.54) is 5.56 Å². The molecule has 0 fully saturated rings. The van der Waals surface area contributed by atoms with Crippen LogP contribution >= 0.6 is 0 Å². The molecule has 4 nitrogen and oxygen atoms in total. The third-order valence-corrected chi connectivity index (χ3v) is 4.70. The summed E-state index contributed by atoms with van der Waals surface area (Å²) in [5.41, 5.74) is 3.50. The standard InChI is InChI=1S/C19H25NO3/c1-13-11-16(17(19(22)23)12-14(13)2)18(21)20-10-6-9-15-7-4-3-5-8-15/h3-5,7-8,16-17H,6,9-12H2,1-2H3,(H,20,21)(H,22,23)/t16-,17-/m1/s1. The van der Waals surface area contributed by atoms with Gasteiger partial charge in [0.15, 0.2) is 0 Å². The van der Waals surface area contributed by atoms with Crippen molar-refractivity contribution < 1.29 is 14.7 Å². The van der Waals surface area contributed by atoms with Crippen LogP contribution in [-0.4, -0.2) is 23.5 Å². The molecule has 0 saturated carbocycles. The first-order chi connectivity index (χ1) is 11.0. The third-order valence-electron chi connectivity index (χ3n) is 4.70. The molecule has 23 heavy (non-hydrogen) atoms. The second-order valence-corrected chi connectivity index (χ2v) is 6.40. The van der Waals surface area contributed by atoms with Crippen LogP contribution in [0.25, 0.3) is 0 Å². The first-order valence-electron chi connectivity index (χ1n) is 8.18. The number of carbonyl (C=O) groups is 2. The summed E-state index contributed by atoms with van der Waals surface area (Å²) in [6.07, 6.45) is 2.79. The van der Waals surface area contributed by atoms with Gasteiger partial charge >= 0.3 is 5.97 Å². The van der Waals surface area contributed by atoms with Crippen LogP contribution in [0.1, 0.15) is 38.7 Å². The van der Waals surface area contributed by atoms with E-state index in [1.807, 2.05) is 32.0 Å². The number of hydrogen-bond donors (Lipinski definition) is 2. The molecule has 2 rings (SSSR count). The summed E-state index contributed by atoms with van der Waals surface area (Å²) in [5, 5.41) is 12.3.